The number of carbonyl (C=O) groups is 4. The van der Waals surface area contributed by atoms with Crippen molar-refractivity contribution >= 4 is 39.2 Å². The molecule has 1 atom stereocenters. The van der Waals surface area contributed by atoms with E-state index < -0.39 is 68.9 Å². The number of nitro benzene ring substituents is 1. The summed E-state index contributed by atoms with van der Waals surface area (Å²) in [7, 11) is -3.19. The maximum absolute atomic E-state index is 12.4. The number of benzene rings is 1. The molecule has 2 heterocycles. The number of hydrogen-bond acceptors (Lipinski definition) is 9. The highest BCUT2D eigenvalue weighted by Crippen LogP contribution is 2.30. The first-order valence-corrected chi connectivity index (χ1v) is 10.2. The SMILES string of the molecule is O=C(COC(=O)CN1C(=O)c2cccc([N+](=O)[O-])c2C1=O)N[C@@H]1CCS(=O)(=O)C1. The second-order valence-electron chi connectivity index (χ2n) is 6.48. The molecule has 1 saturated heterocycles. The van der Waals surface area contributed by atoms with E-state index in [4.69, 9.17) is 4.74 Å². The summed E-state index contributed by atoms with van der Waals surface area (Å²) >= 11 is 0. The Hall–Kier alpha value is -3.35. The predicted octanol–water partition coefficient (Wildman–Crippen LogP) is -0.963. The molecule has 3 rings (SSSR count). The zero-order valence-electron chi connectivity index (χ0n) is 14.8. The van der Waals surface area contributed by atoms with Crippen LogP contribution in [0.25, 0.3) is 0 Å². The molecule has 13 heteroatoms. The van der Waals surface area contributed by atoms with Gasteiger partial charge in [0.05, 0.1) is 22.0 Å². The number of hydrogen-bond donors (Lipinski definition) is 1. The molecule has 0 unspecified atom stereocenters. The third kappa shape index (κ3) is 4.23. The van der Waals surface area contributed by atoms with Crippen LogP contribution in [0.3, 0.4) is 0 Å². The fraction of sp³-hybridized carbons (Fsp3) is 0.375. The number of amides is 3. The summed E-state index contributed by atoms with van der Waals surface area (Å²) in [6, 6.07) is 2.98. The third-order valence-corrected chi connectivity index (χ3v) is 6.19. The summed E-state index contributed by atoms with van der Waals surface area (Å²) in [5, 5.41) is 13.5. The van der Waals surface area contributed by atoms with E-state index in [-0.39, 0.29) is 23.5 Å². The van der Waals surface area contributed by atoms with Crippen molar-refractivity contribution in [1.82, 2.24) is 10.2 Å². The number of sulfone groups is 1. The van der Waals surface area contributed by atoms with Gasteiger partial charge >= 0.3 is 5.97 Å². The highest BCUT2D eigenvalue weighted by atomic mass is 32.2. The summed E-state index contributed by atoms with van der Waals surface area (Å²) in [5.74, 6) is -3.92. The number of carbonyl (C=O) groups excluding carboxylic acids is 4. The summed E-state index contributed by atoms with van der Waals surface area (Å²) in [4.78, 5) is 59.1. The molecule has 1 aromatic carbocycles. The Morgan fingerprint density at radius 3 is 2.62 bits per heavy atom. The minimum atomic E-state index is -3.19. The van der Waals surface area contributed by atoms with E-state index in [0.29, 0.717) is 4.90 Å². The normalized spacial score (nSPS) is 19.7. The van der Waals surface area contributed by atoms with Crippen LogP contribution < -0.4 is 5.32 Å². The Morgan fingerprint density at radius 2 is 2.00 bits per heavy atom. The molecule has 12 nitrogen and oxygen atoms in total. The molecule has 0 aliphatic carbocycles. The van der Waals surface area contributed by atoms with Crippen LogP contribution in [0.2, 0.25) is 0 Å². The summed E-state index contributed by atoms with van der Waals surface area (Å²) in [6.07, 6.45) is 0.260. The van der Waals surface area contributed by atoms with E-state index in [0.717, 1.165) is 6.07 Å². The van der Waals surface area contributed by atoms with Crippen molar-refractivity contribution in [3.8, 4) is 0 Å². The van der Waals surface area contributed by atoms with Gasteiger partial charge in [0.1, 0.15) is 12.1 Å². The van der Waals surface area contributed by atoms with Crippen LogP contribution in [-0.4, -0.2) is 72.6 Å². The standard InChI is InChI=1S/C16H15N3O9S/c20-12(17-9-4-5-29(26,27)8-9)7-28-13(21)6-18-15(22)10-2-1-3-11(19(24)25)14(10)16(18)23/h1-3,9H,4-8H2,(H,17,20)/t9-/m1/s1. The molecule has 2 aliphatic heterocycles. The average molecular weight is 425 g/mol. The van der Waals surface area contributed by atoms with Crippen LogP contribution >= 0.6 is 0 Å². The van der Waals surface area contributed by atoms with Gasteiger partial charge in [-0.25, -0.2) is 8.42 Å². The topological polar surface area (TPSA) is 170 Å². The molecule has 1 N–H and O–H groups in total. The molecule has 0 bridgehead atoms. The van der Waals surface area contributed by atoms with Crippen molar-refractivity contribution in [2.24, 2.45) is 0 Å². The third-order valence-electron chi connectivity index (χ3n) is 4.42. The van der Waals surface area contributed by atoms with E-state index >= 15 is 0 Å². The first kappa shape index (κ1) is 20.4. The number of fused-ring (bicyclic) bond motifs is 1. The second-order valence-corrected chi connectivity index (χ2v) is 8.71. The summed E-state index contributed by atoms with van der Waals surface area (Å²) in [6.45, 7) is -1.55. The van der Waals surface area contributed by atoms with Crippen LogP contribution in [0.5, 0.6) is 0 Å². The zero-order chi connectivity index (χ0) is 21.3. The van der Waals surface area contributed by atoms with Gasteiger partial charge < -0.3 is 10.1 Å². The lowest BCUT2D eigenvalue weighted by molar-refractivity contribution is -0.385. The quantitative estimate of drug-likeness (QED) is 0.261. The second kappa shape index (κ2) is 7.58. The Morgan fingerprint density at radius 1 is 1.28 bits per heavy atom. The van der Waals surface area contributed by atoms with E-state index in [1.54, 1.807) is 0 Å². The zero-order valence-corrected chi connectivity index (χ0v) is 15.6. The highest BCUT2D eigenvalue weighted by Gasteiger charge is 2.42. The van der Waals surface area contributed by atoms with Gasteiger partial charge in [0.2, 0.25) is 0 Å². The number of ether oxygens (including phenoxy) is 1. The number of rotatable bonds is 6. The van der Waals surface area contributed by atoms with Crippen LogP contribution in [0, 0.1) is 10.1 Å². The lowest BCUT2D eigenvalue weighted by Crippen LogP contribution is -2.40. The summed E-state index contributed by atoms with van der Waals surface area (Å²) in [5.41, 5.74) is -1.16. The minimum Gasteiger partial charge on any atom is -0.454 e. The largest absolute Gasteiger partial charge is 0.454 e. The van der Waals surface area contributed by atoms with Gasteiger partial charge in [0.15, 0.2) is 16.4 Å². The number of nitrogens with one attached hydrogen (secondary N) is 1. The van der Waals surface area contributed by atoms with Gasteiger partial charge in [0, 0.05) is 12.1 Å². The molecule has 0 saturated carbocycles. The minimum absolute atomic E-state index is 0.0381. The maximum Gasteiger partial charge on any atom is 0.326 e. The van der Waals surface area contributed by atoms with Crippen molar-refractivity contribution in [3.63, 3.8) is 0 Å². The van der Waals surface area contributed by atoms with Gasteiger partial charge in [-0.3, -0.25) is 34.2 Å². The van der Waals surface area contributed by atoms with Crippen molar-refractivity contribution in [2.45, 2.75) is 12.5 Å². The molecule has 0 radical (unpaired) electrons. The van der Waals surface area contributed by atoms with Crippen molar-refractivity contribution in [1.29, 1.82) is 0 Å². The first-order chi connectivity index (χ1) is 13.6. The van der Waals surface area contributed by atoms with Crippen LogP contribution in [-0.2, 0) is 24.2 Å². The Bertz CT molecular complexity index is 1030. The molecule has 29 heavy (non-hydrogen) atoms. The molecule has 1 aromatic rings. The maximum atomic E-state index is 12.4. The lowest BCUT2D eigenvalue weighted by atomic mass is 10.1. The molecule has 2 aliphatic rings. The van der Waals surface area contributed by atoms with E-state index in [2.05, 4.69) is 5.32 Å². The number of nitro groups is 1. The first-order valence-electron chi connectivity index (χ1n) is 8.38. The predicted molar refractivity (Wildman–Crippen MR) is 94.6 cm³/mol. The van der Waals surface area contributed by atoms with Crippen LogP contribution in [0.15, 0.2) is 18.2 Å². The Balaban J connectivity index is 1.57. The lowest BCUT2D eigenvalue weighted by Gasteiger charge is -2.14. The van der Waals surface area contributed by atoms with Gasteiger partial charge in [-0.2, -0.15) is 0 Å². The highest BCUT2D eigenvalue weighted by molar-refractivity contribution is 7.91. The monoisotopic (exact) mass is 425 g/mol. The van der Waals surface area contributed by atoms with Gasteiger partial charge in [-0.05, 0) is 12.5 Å². The van der Waals surface area contributed by atoms with Crippen molar-refractivity contribution < 1.29 is 37.3 Å². The van der Waals surface area contributed by atoms with Gasteiger partial charge in [0.25, 0.3) is 23.4 Å². The van der Waals surface area contributed by atoms with Gasteiger partial charge in [-0.15, -0.1) is 0 Å². The van der Waals surface area contributed by atoms with Crippen LogP contribution in [0.4, 0.5) is 5.69 Å². The average Bonchev–Trinajstić information content (AvgIpc) is 3.11. The van der Waals surface area contributed by atoms with E-state index in [1.807, 2.05) is 0 Å². The number of nitrogens with zero attached hydrogens (tertiary/aromatic N) is 2. The van der Waals surface area contributed by atoms with E-state index in [1.165, 1.54) is 12.1 Å². The smallest absolute Gasteiger partial charge is 0.326 e. The fourth-order valence-electron chi connectivity index (χ4n) is 3.11. The molecule has 1 fully saturated rings. The van der Waals surface area contributed by atoms with Crippen molar-refractivity contribution in [2.75, 3.05) is 24.7 Å². The molecular formula is C16H15N3O9S. The van der Waals surface area contributed by atoms with Gasteiger partial charge in [-0.1, -0.05) is 6.07 Å². The molecular weight excluding hydrogens is 410 g/mol. The molecule has 0 spiro atoms. The number of imide groups is 1. The molecule has 154 valence electrons. The Labute approximate surface area is 163 Å². The molecule has 3 amide bonds. The van der Waals surface area contributed by atoms with Crippen LogP contribution in [0.1, 0.15) is 27.1 Å². The summed E-state index contributed by atoms with van der Waals surface area (Å²) < 4.78 is 27.4. The number of esters is 1. The Kier molecular flexibility index (Phi) is 5.33. The fourth-order valence-corrected chi connectivity index (χ4v) is 4.78. The van der Waals surface area contributed by atoms with Crippen molar-refractivity contribution in [3.05, 3.63) is 39.4 Å². The molecule has 0 aromatic heterocycles. The van der Waals surface area contributed by atoms with E-state index in [9.17, 15) is 37.7 Å².